The fraction of sp³-hybridized carbons (Fsp3) is 0. The Hall–Kier alpha value is -0.275. The highest BCUT2D eigenvalue weighted by Crippen LogP contribution is 2.02. The van der Waals surface area contributed by atoms with Gasteiger partial charge in [-0.05, 0) is 17.1 Å². The van der Waals surface area contributed by atoms with Crippen molar-refractivity contribution in [2.75, 3.05) is 0 Å². The van der Waals surface area contributed by atoms with Crippen molar-refractivity contribution in [3.05, 3.63) is 16.6 Å². The van der Waals surface area contributed by atoms with E-state index in [1.807, 2.05) is 7.85 Å². The van der Waals surface area contributed by atoms with Crippen LogP contribution in [0.5, 0.6) is 0 Å². The third-order valence-electron chi connectivity index (χ3n) is 0.881. The van der Waals surface area contributed by atoms with Gasteiger partial charge in [0.1, 0.15) is 13.0 Å². The quantitative estimate of drug-likeness (QED) is 0.305. The molecule has 0 radical (unpaired) electrons. The van der Waals surface area contributed by atoms with Gasteiger partial charge in [-0.3, -0.25) is 0 Å². The maximum atomic E-state index is 5.58. The lowest BCUT2D eigenvalue weighted by atomic mass is 10.0. The van der Waals surface area contributed by atoms with Crippen molar-refractivity contribution in [1.82, 2.24) is 9.97 Å². The van der Waals surface area contributed by atoms with Crippen LogP contribution in [0.2, 0.25) is 10.4 Å². The number of rotatable bonds is 0. The van der Waals surface area contributed by atoms with E-state index in [1.165, 1.54) is 0 Å². The predicted octanol–water partition coefficient (Wildman–Crippen LogP) is 0.0418. The van der Waals surface area contributed by atoms with Gasteiger partial charge in [0.05, 0.1) is 0 Å². The molecule has 0 aliphatic heterocycles. The van der Waals surface area contributed by atoms with Crippen LogP contribution in [-0.2, 0) is 0 Å². The van der Waals surface area contributed by atoms with Crippen LogP contribution in [0.3, 0.4) is 0 Å². The molecule has 0 bridgehead atoms. The molecule has 0 saturated heterocycles. The number of nitrogens with zero attached hydrogens (tertiary/aromatic N) is 2. The first kappa shape index (κ1) is 6.84. The minimum Gasteiger partial charge on any atom is -0.227 e. The van der Waals surface area contributed by atoms with E-state index in [2.05, 4.69) is 9.97 Å². The van der Waals surface area contributed by atoms with Crippen molar-refractivity contribution < 1.29 is 0 Å². The molecule has 0 spiro atoms. The van der Waals surface area contributed by atoms with Gasteiger partial charge >= 0.3 is 0 Å². The molecule has 0 fully saturated rings. The Morgan fingerprint density at radius 1 is 1.44 bits per heavy atom. The molecule has 0 aliphatic rings. The van der Waals surface area contributed by atoms with Crippen molar-refractivity contribution in [2.45, 2.75) is 0 Å². The highest BCUT2D eigenvalue weighted by atomic mass is 35.5. The molecule has 1 aromatic heterocycles. The number of hydrogen-bond acceptors (Lipinski definition) is 2. The SMILES string of the molecule is Bc1cnc(Cl)nc1Cl. The van der Waals surface area contributed by atoms with E-state index in [0.717, 1.165) is 5.46 Å². The summed E-state index contributed by atoms with van der Waals surface area (Å²) in [7, 11) is 1.82. The summed E-state index contributed by atoms with van der Waals surface area (Å²) >= 11 is 11.0. The van der Waals surface area contributed by atoms with Crippen LogP contribution in [0, 0.1) is 0 Å². The summed E-state index contributed by atoms with van der Waals surface area (Å²) < 4.78 is 0. The van der Waals surface area contributed by atoms with Gasteiger partial charge in [-0.2, -0.15) is 0 Å². The van der Waals surface area contributed by atoms with Crippen molar-refractivity contribution in [3.8, 4) is 0 Å². The molecule has 46 valence electrons. The second kappa shape index (κ2) is 2.54. The van der Waals surface area contributed by atoms with Crippen molar-refractivity contribution in [1.29, 1.82) is 0 Å². The van der Waals surface area contributed by atoms with Crippen LogP contribution in [-0.4, -0.2) is 17.8 Å². The third kappa shape index (κ3) is 1.56. The van der Waals surface area contributed by atoms with Crippen LogP contribution in [0.15, 0.2) is 6.20 Å². The van der Waals surface area contributed by atoms with Crippen LogP contribution in [0.25, 0.3) is 0 Å². The fourth-order valence-electron chi connectivity index (χ4n) is 0.401. The Balaban J connectivity index is 3.17. The first-order valence-corrected chi connectivity index (χ1v) is 3.10. The summed E-state index contributed by atoms with van der Waals surface area (Å²) in [6.07, 6.45) is 1.58. The van der Waals surface area contributed by atoms with Crippen LogP contribution < -0.4 is 5.46 Å². The zero-order valence-electron chi connectivity index (χ0n) is 4.73. The Bertz CT molecular complexity index is 228. The number of hydrogen-bond donors (Lipinski definition) is 0. The molecule has 1 rings (SSSR count). The molecule has 1 heterocycles. The molecule has 2 nitrogen and oxygen atoms in total. The van der Waals surface area contributed by atoms with Gasteiger partial charge < -0.3 is 0 Å². The predicted molar refractivity (Wildman–Crippen MR) is 40.2 cm³/mol. The third-order valence-corrected chi connectivity index (χ3v) is 1.45. The zero-order valence-corrected chi connectivity index (χ0v) is 6.24. The van der Waals surface area contributed by atoms with Gasteiger partial charge in [0.25, 0.3) is 0 Å². The van der Waals surface area contributed by atoms with E-state index in [9.17, 15) is 0 Å². The molecule has 0 saturated carbocycles. The lowest BCUT2D eigenvalue weighted by molar-refractivity contribution is 1.19. The molecule has 0 unspecified atom stereocenters. The van der Waals surface area contributed by atoms with Crippen molar-refractivity contribution >= 4 is 36.5 Å². The maximum Gasteiger partial charge on any atom is 0.223 e. The minimum absolute atomic E-state index is 0.186. The number of halogens is 2. The molecule has 0 atom stereocenters. The Labute approximate surface area is 63.6 Å². The molecule has 0 N–H and O–H groups in total. The second-order valence-electron chi connectivity index (χ2n) is 1.61. The normalized spacial score (nSPS) is 9.56. The van der Waals surface area contributed by atoms with Crippen LogP contribution >= 0.6 is 23.2 Å². The summed E-state index contributed by atoms with van der Waals surface area (Å²) in [5, 5.41) is 0.598. The van der Waals surface area contributed by atoms with E-state index in [-0.39, 0.29) is 5.28 Å². The highest BCUT2D eigenvalue weighted by molar-refractivity contribution is 6.44. The molecular formula is C4H3BCl2N2. The maximum absolute atomic E-state index is 5.58. The average Bonchev–Trinajstić information content (AvgIpc) is 1.80. The van der Waals surface area contributed by atoms with E-state index in [0.29, 0.717) is 5.15 Å². The molecule has 0 aromatic carbocycles. The smallest absolute Gasteiger partial charge is 0.223 e. The van der Waals surface area contributed by atoms with Crippen LogP contribution in [0.4, 0.5) is 0 Å². The summed E-state index contributed by atoms with van der Waals surface area (Å²) in [4.78, 5) is 7.40. The highest BCUT2D eigenvalue weighted by Gasteiger charge is 1.95. The zero-order chi connectivity index (χ0) is 6.85. The Morgan fingerprint density at radius 2 is 2.11 bits per heavy atom. The minimum atomic E-state index is 0.186. The van der Waals surface area contributed by atoms with Gasteiger partial charge in [0, 0.05) is 6.20 Å². The second-order valence-corrected chi connectivity index (χ2v) is 2.31. The van der Waals surface area contributed by atoms with Gasteiger partial charge in [-0.15, -0.1) is 0 Å². The largest absolute Gasteiger partial charge is 0.227 e. The Morgan fingerprint density at radius 3 is 2.56 bits per heavy atom. The Kier molecular flexibility index (Phi) is 1.93. The molecular weight excluding hydrogens is 158 g/mol. The standard InChI is InChI=1S/C4H3BCl2N2/c5-2-1-8-4(7)9-3(2)6/h1H,5H2. The summed E-state index contributed by atoms with van der Waals surface area (Å²) in [5.74, 6) is 0. The average molecular weight is 161 g/mol. The summed E-state index contributed by atoms with van der Waals surface area (Å²) in [5.41, 5.74) is 0.834. The molecule has 0 amide bonds. The van der Waals surface area contributed by atoms with Crippen molar-refractivity contribution in [2.24, 2.45) is 0 Å². The lowest BCUT2D eigenvalue weighted by Crippen LogP contribution is -2.06. The van der Waals surface area contributed by atoms with Gasteiger partial charge in [0.15, 0.2) is 0 Å². The van der Waals surface area contributed by atoms with E-state index in [4.69, 9.17) is 23.2 Å². The fourth-order valence-corrected chi connectivity index (χ4v) is 0.707. The van der Waals surface area contributed by atoms with E-state index in [1.54, 1.807) is 6.20 Å². The molecule has 0 aliphatic carbocycles. The van der Waals surface area contributed by atoms with Crippen molar-refractivity contribution in [3.63, 3.8) is 0 Å². The van der Waals surface area contributed by atoms with Gasteiger partial charge in [-0.1, -0.05) is 11.6 Å². The first-order valence-electron chi connectivity index (χ1n) is 2.35. The van der Waals surface area contributed by atoms with Gasteiger partial charge in [0.2, 0.25) is 5.28 Å². The lowest BCUT2D eigenvalue weighted by Gasteiger charge is -1.92. The molecule has 9 heavy (non-hydrogen) atoms. The summed E-state index contributed by atoms with van der Waals surface area (Å²) in [6, 6.07) is 0. The number of aromatic nitrogens is 2. The summed E-state index contributed by atoms with van der Waals surface area (Å²) in [6.45, 7) is 0. The molecule has 1 aromatic rings. The van der Waals surface area contributed by atoms with E-state index < -0.39 is 0 Å². The first-order chi connectivity index (χ1) is 4.20. The monoisotopic (exact) mass is 160 g/mol. The van der Waals surface area contributed by atoms with E-state index >= 15 is 0 Å². The topological polar surface area (TPSA) is 25.8 Å². The molecule has 5 heteroatoms. The van der Waals surface area contributed by atoms with Crippen LogP contribution in [0.1, 0.15) is 0 Å². The van der Waals surface area contributed by atoms with Gasteiger partial charge in [-0.25, -0.2) is 9.97 Å².